The van der Waals surface area contributed by atoms with Gasteiger partial charge in [-0.3, -0.25) is 4.79 Å². The topological polar surface area (TPSA) is 94.3 Å². The number of amides is 1. The molecule has 1 heterocycles. The van der Waals surface area contributed by atoms with Crippen LogP contribution in [-0.4, -0.2) is 29.5 Å². The molecular formula is C11H17N3O3S. The number of aromatic nitrogens is 1. The van der Waals surface area contributed by atoms with Crippen LogP contribution in [0, 0.1) is 6.92 Å². The van der Waals surface area contributed by atoms with Crippen molar-refractivity contribution in [3.05, 3.63) is 10.6 Å². The van der Waals surface area contributed by atoms with Crippen LogP contribution in [0.1, 0.15) is 35.6 Å². The highest BCUT2D eigenvalue weighted by Gasteiger charge is 2.23. The molecule has 0 aliphatic rings. The summed E-state index contributed by atoms with van der Waals surface area (Å²) in [6.07, 6.45) is 0.180. The molecule has 0 aliphatic carbocycles. The second-order valence-electron chi connectivity index (χ2n) is 4.58. The molecule has 0 atom stereocenters. The van der Waals surface area contributed by atoms with Crippen LogP contribution < -0.4 is 11.1 Å². The first-order chi connectivity index (χ1) is 8.25. The number of esters is 1. The predicted molar refractivity (Wildman–Crippen MR) is 69.7 cm³/mol. The van der Waals surface area contributed by atoms with Crippen LogP contribution in [0.4, 0.5) is 5.13 Å². The number of nitrogens with two attached hydrogens (primary N) is 1. The minimum Gasteiger partial charge on any atom is -0.465 e. The van der Waals surface area contributed by atoms with Gasteiger partial charge in [-0.2, -0.15) is 0 Å². The van der Waals surface area contributed by atoms with Crippen LogP contribution in [0.15, 0.2) is 0 Å². The van der Waals surface area contributed by atoms with Gasteiger partial charge in [-0.05, 0) is 20.8 Å². The van der Waals surface area contributed by atoms with Crippen LogP contribution in [0.2, 0.25) is 0 Å². The molecule has 0 unspecified atom stereocenters. The highest BCUT2D eigenvalue weighted by atomic mass is 32.1. The summed E-state index contributed by atoms with van der Waals surface area (Å²) in [4.78, 5) is 27.0. The van der Waals surface area contributed by atoms with E-state index in [0.717, 1.165) is 0 Å². The third-order valence-electron chi connectivity index (χ3n) is 2.23. The van der Waals surface area contributed by atoms with Gasteiger partial charge in [0.1, 0.15) is 4.88 Å². The number of carbonyl (C=O) groups is 2. The summed E-state index contributed by atoms with van der Waals surface area (Å²) in [5.74, 6) is -0.806. The number of nitrogens with one attached hydrogen (secondary N) is 1. The Morgan fingerprint density at radius 1 is 1.50 bits per heavy atom. The Morgan fingerprint density at radius 2 is 2.11 bits per heavy atom. The van der Waals surface area contributed by atoms with Crippen LogP contribution in [0.25, 0.3) is 0 Å². The van der Waals surface area contributed by atoms with E-state index < -0.39 is 17.4 Å². The number of primary amides is 1. The van der Waals surface area contributed by atoms with Crippen molar-refractivity contribution in [2.45, 2.75) is 32.7 Å². The molecular weight excluding hydrogens is 254 g/mol. The number of hydrogen-bond acceptors (Lipinski definition) is 6. The summed E-state index contributed by atoms with van der Waals surface area (Å²) in [6.45, 7) is 5.41. The summed E-state index contributed by atoms with van der Waals surface area (Å²) in [5, 5.41) is 3.66. The van der Waals surface area contributed by atoms with E-state index in [1.807, 2.05) is 13.8 Å². The normalized spacial score (nSPS) is 11.1. The molecule has 6 nitrogen and oxygen atoms in total. The molecule has 1 aromatic heterocycles. The minimum atomic E-state index is -0.510. The Bertz CT molecular complexity index is 468. The SMILES string of the molecule is COC(=O)c1sc(NC(C)(C)CC(N)=O)nc1C. The molecule has 0 fully saturated rings. The average molecular weight is 271 g/mol. The van der Waals surface area contributed by atoms with Gasteiger partial charge in [0.15, 0.2) is 5.13 Å². The van der Waals surface area contributed by atoms with E-state index in [-0.39, 0.29) is 6.42 Å². The quantitative estimate of drug-likeness (QED) is 0.787. The zero-order valence-corrected chi connectivity index (χ0v) is 11.7. The second kappa shape index (κ2) is 5.34. The minimum absolute atomic E-state index is 0.180. The summed E-state index contributed by atoms with van der Waals surface area (Å²) in [7, 11) is 1.33. The third-order valence-corrected chi connectivity index (χ3v) is 3.28. The smallest absolute Gasteiger partial charge is 0.350 e. The third kappa shape index (κ3) is 3.69. The number of thiazole rings is 1. The molecule has 7 heteroatoms. The van der Waals surface area contributed by atoms with Crippen LogP contribution >= 0.6 is 11.3 Å². The van der Waals surface area contributed by atoms with E-state index in [0.29, 0.717) is 15.7 Å². The van der Waals surface area contributed by atoms with Gasteiger partial charge in [-0.1, -0.05) is 11.3 Å². The molecule has 0 aromatic carbocycles. The first-order valence-corrected chi connectivity index (χ1v) is 6.19. The Balaban J connectivity index is 2.86. The maximum atomic E-state index is 11.4. The standard InChI is InChI=1S/C11H17N3O3S/c1-6-8(9(16)17-4)18-10(13-6)14-11(2,3)5-7(12)15/h5H2,1-4H3,(H2,12,15)(H,13,14). The van der Waals surface area contributed by atoms with Crippen LogP contribution in [-0.2, 0) is 9.53 Å². The molecule has 1 amide bonds. The fourth-order valence-electron chi connectivity index (χ4n) is 1.50. The summed E-state index contributed by atoms with van der Waals surface area (Å²) in [5.41, 5.74) is 5.26. The van der Waals surface area contributed by atoms with Crippen molar-refractivity contribution in [1.82, 2.24) is 4.98 Å². The van der Waals surface area contributed by atoms with E-state index in [9.17, 15) is 9.59 Å². The second-order valence-corrected chi connectivity index (χ2v) is 5.58. The molecule has 0 spiro atoms. The average Bonchev–Trinajstić information content (AvgIpc) is 2.55. The van der Waals surface area contributed by atoms with E-state index in [1.165, 1.54) is 18.4 Å². The highest BCUT2D eigenvalue weighted by molar-refractivity contribution is 7.17. The number of rotatable bonds is 5. The van der Waals surface area contributed by atoms with Crippen molar-refractivity contribution in [3.8, 4) is 0 Å². The van der Waals surface area contributed by atoms with E-state index >= 15 is 0 Å². The van der Waals surface area contributed by atoms with Crippen molar-refractivity contribution in [2.24, 2.45) is 5.73 Å². The first kappa shape index (κ1) is 14.4. The largest absolute Gasteiger partial charge is 0.465 e. The number of aryl methyl sites for hydroxylation is 1. The van der Waals surface area contributed by atoms with Crippen molar-refractivity contribution < 1.29 is 14.3 Å². The van der Waals surface area contributed by atoms with Gasteiger partial charge in [0.05, 0.1) is 12.8 Å². The number of anilines is 1. The lowest BCUT2D eigenvalue weighted by molar-refractivity contribution is -0.118. The van der Waals surface area contributed by atoms with Gasteiger partial charge in [0, 0.05) is 12.0 Å². The van der Waals surface area contributed by atoms with Gasteiger partial charge >= 0.3 is 5.97 Å². The zero-order chi connectivity index (χ0) is 13.9. The fraction of sp³-hybridized carbons (Fsp3) is 0.545. The lowest BCUT2D eigenvalue weighted by atomic mass is 10.0. The van der Waals surface area contributed by atoms with Gasteiger partial charge in [0.2, 0.25) is 5.91 Å². The maximum absolute atomic E-state index is 11.4. The van der Waals surface area contributed by atoms with E-state index in [1.54, 1.807) is 6.92 Å². The number of ether oxygens (including phenoxy) is 1. The Kier molecular flexibility index (Phi) is 4.28. The van der Waals surface area contributed by atoms with Crippen molar-refractivity contribution in [3.63, 3.8) is 0 Å². The summed E-state index contributed by atoms with van der Waals surface area (Å²) >= 11 is 1.20. The Morgan fingerprint density at radius 3 is 2.61 bits per heavy atom. The van der Waals surface area contributed by atoms with Gasteiger partial charge in [-0.25, -0.2) is 9.78 Å². The van der Waals surface area contributed by atoms with E-state index in [2.05, 4.69) is 15.0 Å². The fourth-order valence-corrected chi connectivity index (χ4v) is 2.56. The number of nitrogens with zero attached hydrogens (tertiary/aromatic N) is 1. The highest BCUT2D eigenvalue weighted by Crippen LogP contribution is 2.26. The molecule has 0 aliphatic heterocycles. The van der Waals surface area contributed by atoms with Crippen molar-refractivity contribution >= 4 is 28.3 Å². The lowest BCUT2D eigenvalue weighted by Gasteiger charge is -2.24. The molecule has 0 saturated carbocycles. The molecule has 18 heavy (non-hydrogen) atoms. The van der Waals surface area contributed by atoms with Crippen LogP contribution in [0.3, 0.4) is 0 Å². The van der Waals surface area contributed by atoms with Gasteiger partial charge in [0.25, 0.3) is 0 Å². The number of carbonyl (C=O) groups excluding carboxylic acids is 2. The summed E-state index contributed by atoms with van der Waals surface area (Å²) in [6, 6.07) is 0. The molecule has 0 saturated heterocycles. The van der Waals surface area contributed by atoms with E-state index in [4.69, 9.17) is 5.73 Å². The van der Waals surface area contributed by atoms with Gasteiger partial charge in [-0.15, -0.1) is 0 Å². The number of hydrogen-bond donors (Lipinski definition) is 2. The lowest BCUT2D eigenvalue weighted by Crippen LogP contribution is -2.35. The summed E-state index contributed by atoms with van der Waals surface area (Å²) < 4.78 is 4.65. The first-order valence-electron chi connectivity index (χ1n) is 5.37. The maximum Gasteiger partial charge on any atom is 0.350 e. The zero-order valence-electron chi connectivity index (χ0n) is 10.9. The number of methoxy groups -OCH3 is 1. The van der Waals surface area contributed by atoms with Crippen molar-refractivity contribution in [1.29, 1.82) is 0 Å². The van der Waals surface area contributed by atoms with Crippen LogP contribution in [0.5, 0.6) is 0 Å². The van der Waals surface area contributed by atoms with Crippen molar-refractivity contribution in [2.75, 3.05) is 12.4 Å². The molecule has 100 valence electrons. The molecule has 1 rings (SSSR count). The van der Waals surface area contributed by atoms with Gasteiger partial charge < -0.3 is 15.8 Å². The monoisotopic (exact) mass is 271 g/mol. The predicted octanol–water partition coefficient (Wildman–Crippen LogP) is 1.30. The Labute approximate surface area is 110 Å². The molecule has 0 bridgehead atoms. The molecule has 1 aromatic rings. The Hall–Kier alpha value is -1.63. The molecule has 0 radical (unpaired) electrons. The molecule has 3 N–H and O–H groups in total.